The van der Waals surface area contributed by atoms with E-state index in [1.807, 2.05) is 0 Å². The maximum absolute atomic E-state index is 6.40. The third kappa shape index (κ3) is 3.94. The average Bonchev–Trinajstić information content (AvgIpc) is 3.15. The zero-order valence-corrected chi connectivity index (χ0v) is 11.6. The van der Waals surface area contributed by atoms with Crippen LogP contribution in [-0.2, 0) is 0 Å². The first-order chi connectivity index (χ1) is 8.15. The van der Waals surface area contributed by atoms with Crippen LogP contribution in [0.3, 0.4) is 0 Å². The Labute approximate surface area is 106 Å². The second kappa shape index (κ2) is 5.68. The van der Waals surface area contributed by atoms with Crippen LogP contribution in [0.5, 0.6) is 0 Å². The summed E-state index contributed by atoms with van der Waals surface area (Å²) in [6.07, 6.45) is 5.12. The molecule has 2 rings (SSSR count). The highest BCUT2D eigenvalue weighted by Gasteiger charge is 2.29. The molecule has 17 heavy (non-hydrogen) atoms. The molecule has 0 radical (unpaired) electrons. The molecule has 2 aliphatic rings. The van der Waals surface area contributed by atoms with E-state index in [2.05, 4.69) is 23.6 Å². The highest BCUT2D eigenvalue weighted by molar-refractivity contribution is 4.87. The molecule has 1 heterocycles. The molecule has 1 saturated heterocycles. The van der Waals surface area contributed by atoms with E-state index in [9.17, 15) is 0 Å². The normalized spacial score (nSPS) is 24.2. The van der Waals surface area contributed by atoms with Crippen molar-refractivity contribution in [2.24, 2.45) is 11.7 Å². The van der Waals surface area contributed by atoms with E-state index in [4.69, 9.17) is 5.73 Å². The molecule has 3 heteroatoms. The predicted octanol–water partition coefficient (Wildman–Crippen LogP) is 1.53. The van der Waals surface area contributed by atoms with Crippen molar-refractivity contribution in [3.63, 3.8) is 0 Å². The largest absolute Gasteiger partial charge is 0.324 e. The summed E-state index contributed by atoms with van der Waals surface area (Å²) in [6, 6.07) is 0. The van der Waals surface area contributed by atoms with Gasteiger partial charge in [-0.1, -0.05) is 13.8 Å². The van der Waals surface area contributed by atoms with Crippen molar-refractivity contribution >= 4 is 0 Å². The van der Waals surface area contributed by atoms with Gasteiger partial charge in [0, 0.05) is 44.8 Å². The number of hydrogen-bond donors (Lipinski definition) is 1. The van der Waals surface area contributed by atoms with Crippen molar-refractivity contribution in [2.45, 2.75) is 45.1 Å². The lowest BCUT2D eigenvalue weighted by Gasteiger charge is -2.39. The molecule has 0 spiro atoms. The van der Waals surface area contributed by atoms with Gasteiger partial charge in [0.15, 0.2) is 0 Å². The van der Waals surface area contributed by atoms with E-state index in [1.165, 1.54) is 45.6 Å². The molecular formula is C14H29N3. The molecule has 0 aromatic heterocycles. The molecule has 1 aliphatic heterocycles. The van der Waals surface area contributed by atoms with Crippen molar-refractivity contribution in [3.8, 4) is 0 Å². The number of piperazine rings is 1. The molecule has 1 saturated carbocycles. The molecule has 0 amide bonds. The summed E-state index contributed by atoms with van der Waals surface area (Å²) >= 11 is 0. The second-order valence-electron chi connectivity index (χ2n) is 6.09. The van der Waals surface area contributed by atoms with Crippen LogP contribution in [0.15, 0.2) is 0 Å². The lowest BCUT2D eigenvalue weighted by atomic mass is 9.93. The van der Waals surface area contributed by atoms with E-state index in [0.29, 0.717) is 0 Å². The first kappa shape index (κ1) is 13.3. The Hall–Kier alpha value is -0.120. The van der Waals surface area contributed by atoms with Crippen LogP contribution in [-0.4, -0.2) is 54.6 Å². The van der Waals surface area contributed by atoms with E-state index in [1.54, 1.807) is 0 Å². The van der Waals surface area contributed by atoms with E-state index >= 15 is 0 Å². The summed E-state index contributed by atoms with van der Waals surface area (Å²) < 4.78 is 0. The zero-order chi connectivity index (χ0) is 12.3. The SMILES string of the molecule is CCC(N)(CC)CN1CCN(CC2CC2)CC1. The summed E-state index contributed by atoms with van der Waals surface area (Å²) in [5.41, 5.74) is 6.44. The quantitative estimate of drug-likeness (QED) is 0.763. The van der Waals surface area contributed by atoms with Gasteiger partial charge in [0.1, 0.15) is 0 Å². The fourth-order valence-electron chi connectivity index (χ4n) is 2.71. The molecule has 0 atom stereocenters. The maximum Gasteiger partial charge on any atom is 0.0278 e. The van der Waals surface area contributed by atoms with E-state index < -0.39 is 0 Å². The second-order valence-corrected chi connectivity index (χ2v) is 6.09. The van der Waals surface area contributed by atoms with Gasteiger partial charge in [0.2, 0.25) is 0 Å². The Morgan fingerprint density at radius 3 is 2.00 bits per heavy atom. The van der Waals surface area contributed by atoms with Gasteiger partial charge in [-0.3, -0.25) is 4.90 Å². The Morgan fingerprint density at radius 2 is 1.53 bits per heavy atom. The number of nitrogens with two attached hydrogens (primary N) is 1. The molecule has 0 unspecified atom stereocenters. The number of rotatable bonds is 6. The summed E-state index contributed by atoms with van der Waals surface area (Å²) in [5, 5.41) is 0. The third-order valence-electron chi connectivity index (χ3n) is 4.62. The molecule has 0 aromatic carbocycles. The van der Waals surface area contributed by atoms with Crippen LogP contribution in [0.25, 0.3) is 0 Å². The fraction of sp³-hybridized carbons (Fsp3) is 1.00. The van der Waals surface area contributed by atoms with E-state index in [0.717, 1.165) is 25.3 Å². The van der Waals surface area contributed by atoms with Crippen molar-refractivity contribution in [1.82, 2.24) is 9.80 Å². The molecule has 0 bridgehead atoms. The predicted molar refractivity (Wildman–Crippen MR) is 73.1 cm³/mol. The van der Waals surface area contributed by atoms with Crippen LogP contribution < -0.4 is 5.73 Å². The van der Waals surface area contributed by atoms with Crippen molar-refractivity contribution < 1.29 is 0 Å². The monoisotopic (exact) mass is 239 g/mol. The summed E-state index contributed by atoms with van der Waals surface area (Å²) in [7, 11) is 0. The zero-order valence-electron chi connectivity index (χ0n) is 11.6. The van der Waals surface area contributed by atoms with Crippen LogP contribution in [0.2, 0.25) is 0 Å². The van der Waals surface area contributed by atoms with Crippen LogP contribution in [0.1, 0.15) is 39.5 Å². The molecule has 100 valence electrons. The Kier molecular flexibility index (Phi) is 4.45. The molecule has 2 fully saturated rings. The minimum absolute atomic E-state index is 0.0403. The van der Waals surface area contributed by atoms with Crippen molar-refractivity contribution in [3.05, 3.63) is 0 Å². The van der Waals surface area contributed by atoms with Gasteiger partial charge in [0.25, 0.3) is 0 Å². The maximum atomic E-state index is 6.40. The van der Waals surface area contributed by atoms with Gasteiger partial charge in [0.05, 0.1) is 0 Å². The van der Waals surface area contributed by atoms with Crippen molar-refractivity contribution in [1.29, 1.82) is 0 Å². The molecule has 2 N–H and O–H groups in total. The first-order valence-corrected chi connectivity index (χ1v) is 7.39. The summed E-state index contributed by atoms with van der Waals surface area (Å²) in [6.45, 7) is 11.8. The minimum Gasteiger partial charge on any atom is -0.324 e. The summed E-state index contributed by atoms with van der Waals surface area (Å²) in [4.78, 5) is 5.21. The van der Waals surface area contributed by atoms with Crippen LogP contribution in [0.4, 0.5) is 0 Å². The van der Waals surface area contributed by atoms with Crippen LogP contribution >= 0.6 is 0 Å². The fourth-order valence-corrected chi connectivity index (χ4v) is 2.71. The molecule has 0 aromatic rings. The lowest BCUT2D eigenvalue weighted by Crippen LogP contribution is -2.55. The van der Waals surface area contributed by atoms with Gasteiger partial charge < -0.3 is 10.6 Å². The van der Waals surface area contributed by atoms with Gasteiger partial charge in [-0.05, 0) is 31.6 Å². The van der Waals surface area contributed by atoms with Gasteiger partial charge in [-0.2, -0.15) is 0 Å². The smallest absolute Gasteiger partial charge is 0.0278 e. The number of nitrogens with zero attached hydrogens (tertiary/aromatic N) is 2. The minimum atomic E-state index is 0.0403. The molecule has 3 nitrogen and oxygen atoms in total. The third-order valence-corrected chi connectivity index (χ3v) is 4.62. The highest BCUT2D eigenvalue weighted by atomic mass is 15.3. The highest BCUT2D eigenvalue weighted by Crippen LogP contribution is 2.30. The van der Waals surface area contributed by atoms with Gasteiger partial charge in [-0.15, -0.1) is 0 Å². The average molecular weight is 239 g/mol. The van der Waals surface area contributed by atoms with E-state index in [-0.39, 0.29) is 5.54 Å². The summed E-state index contributed by atoms with van der Waals surface area (Å²) in [5.74, 6) is 1.03. The standard InChI is InChI=1S/C14H29N3/c1-3-14(15,4-2)12-17-9-7-16(8-10-17)11-13-5-6-13/h13H,3-12,15H2,1-2H3. The Morgan fingerprint density at radius 1 is 1.00 bits per heavy atom. The Balaban J connectivity index is 1.70. The Bertz CT molecular complexity index is 226. The molecule has 1 aliphatic carbocycles. The molecular weight excluding hydrogens is 210 g/mol. The first-order valence-electron chi connectivity index (χ1n) is 7.39. The lowest BCUT2D eigenvalue weighted by molar-refractivity contribution is 0.105. The van der Waals surface area contributed by atoms with Gasteiger partial charge >= 0.3 is 0 Å². The van der Waals surface area contributed by atoms with Gasteiger partial charge in [-0.25, -0.2) is 0 Å². The van der Waals surface area contributed by atoms with Crippen LogP contribution in [0, 0.1) is 5.92 Å². The van der Waals surface area contributed by atoms with Crippen molar-refractivity contribution in [2.75, 3.05) is 39.3 Å². The topological polar surface area (TPSA) is 32.5 Å². The number of hydrogen-bond acceptors (Lipinski definition) is 3.